The highest BCUT2D eigenvalue weighted by molar-refractivity contribution is 5.73. The van der Waals surface area contributed by atoms with Crippen molar-refractivity contribution in [2.24, 2.45) is 5.73 Å². The number of nitrogens with one attached hydrogen (secondary N) is 1. The van der Waals surface area contributed by atoms with E-state index in [4.69, 9.17) is 5.73 Å². The van der Waals surface area contributed by atoms with Gasteiger partial charge in [-0.15, -0.1) is 0 Å². The Labute approximate surface area is 110 Å². The fourth-order valence-corrected chi connectivity index (χ4v) is 1.98. The van der Waals surface area contributed by atoms with Crippen molar-refractivity contribution in [3.63, 3.8) is 0 Å². The zero-order chi connectivity index (χ0) is 14.6. The topological polar surface area (TPSA) is 75.3 Å². The van der Waals surface area contributed by atoms with Crippen LogP contribution in [0.3, 0.4) is 0 Å². The Morgan fingerprint density at radius 3 is 2.32 bits per heavy atom. The van der Waals surface area contributed by atoms with E-state index in [1.54, 1.807) is 6.92 Å². The SMILES string of the molecule is CC(=O)NC([C@H](O)CN)[C@H](C)c1cc(F)cc(F)c1. The second-order valence-electron chi connectivity index (χ2n) is 4.52. The van der Waals surface area contributed by atoms with Gasteiger partial charge < -0.3 is 16.2 Å². The minimum absolute atomic E-state index is 0.0624. The van der Waals surface area contributed by atoms with E-state index in [2.05, 4.69) is 5.32 Å². The highest BCUT2D eigenvalue weighted by atomic mass is 19.1. The van der Waals surface area contributed by atoms with E-state index in [0.717, 1.165) is 6.07 Å². The molecule has 4 nitrogen and oxygen atoms in total. The molecule has 1 amide bonds. The molecule has 0 aromatic heterocycles. The lowest BCUT2D eigenvalue weighted by Gasteiger charge is -2.29. The predicted octanol–water partition coefficient (Wildman–Crippen LogP) is 0.893. The summed E-state index contributed by atoms with van der Waals surface area (Å²) in [4.78, 5) is 11.1. The molecule has 1 aromatic carbocycles. The third kappa shape index (κ3) is 4.25. The van der Waals surface area contributed by atoms with Gasteiger partial charge in [-0.1, -0.05) is 6.92 Å². The quantitative estimate of drug-likeness (QED) is 0.745. The third-order valence-electron chi connectivity index (χ3n) is 2.98. The van der Waals surface area contributed by atoms with Gasteiger partial charge in [-0.3, -0.25) is 4.79 Å². The molecule has 0 saturated heterocycles. The van der Waals surface area contributed by atoms with E-state index in [-0.39, 0.29) is 12.5 Å². The van der Waals surface area contributed by atoms with Gasteiger partial charge in [-0.05, 0) is 17.7 Å². The number of hydrogen-bond acceptors (Lipinski definition) is 3. The van der Waals surface area contributed by atoms with Crippen LogP contribution in [-0.4, -0.2) is 29.7 Å². The van der Waals surface area contributed by atoms with Crippen molar-refractivity contribution >= 4 is 5.91 Å². The second-order valence-corrected chi connectivity index (χ2v) is 4.52. The Morgan fingerprint density at radius 2 is 1.89 bits per heavy atom. The summed E-state index contributed by atoms with van der Waals surface area (Å²) in [5, 5.41) is 12.4. The largest absolute Gasteiger partial charge is 0.390 e. The molecular weight excluding hydrogens is 254 g/mol. The molecule has 1 rings (SSSR count). The van der Waals surface area contributed by atoms with Crippen LogP contribution in [0.15, 0.2) is 18.2 Å². The van der Waals surface area contributed by atoms with Crippen LogP contribution in [0.1, 0.15) is 25.3 Å². The van der Waals surface area contributed by atoms with Crippen molar-refractivity contribution in [1.82, 2.24) is 5.32 Å². The van der Waals surface area contributed by atoms with Gasteiger partial charge in [-0.2, -0.15) is 0 Å². The molecule has 0 aliphatic rings. The average Bonchev–Trinajstić information content (AvgIpc) is 2.32. The van der Waals surface area contributed by atoms with E-state index in [0.29, 0.717) is 5.56 Å². The summed E-state index contributed by atoms with van der Waals surface area (Å²) in [5.74, 6) is -2.23. The van der Waals surface area contributed by atoms with Gasteiger partial charge in [0.05, 0.1) is 12.1 Å². The first-order valence-corrected chi connectivity index (χ1v) is 5.96. The molecule has 0 heterocycles. The fraction of sp³-hybridized carbons (Fsp3) is 0.462. The number of carbonyl (C=O) groups is 1. The van der Waals surface area contributed by atoms with Crippen LogP contribution in [-0.2, 0) is 4.79 Å². The van der Waals surface area contributed by atoms with Gasteiger partial charge in [0.1, 0.15) is 11.6 Å². The molecule has 1 aromatic rings. The number of aliphatic hydroxyl groups is 1. The van der Waals surface area contributed by atoms with Gasteiger partial charge in [0.25, 0.3) is 0 Å². The standard InChI is InChI=1S/C13H18F2N2O2/c1-7(9-3-10(14)5-11(15)4-9)13(12(19)6-16)17-8(2)18/h3-5,7,12-13,19H,6,16H2,1-2H3,(H,17,18)/t7-,12-,13?/m1/s1. The number of hydrogen-bond donors (Lipinski definition) is 3. The summed E-state index contributed by atoms with van der Waals surface area (Å²) in [6, 6.07) is 2.41. The van der Waals surface area contributed by atoms with Gasteiger partial charge >= 0.3 is 0 Å². The van der Waals surface area contributed by atoms with Crippen LogP contribution in [0.4, 0.5) is 8.78 Å². The average molecular weight is 272 g/mol. The van der Waals surface area contributed by atoms with E-state index >= 15 is 0 Å². The maximum absolute atomic E-state index is 13.2. The summed E-state index contributed by atoms with van der Waals surface area (Å²) in [5.41, 5.74) is 5.73. The molecule has 4 N–H and O–H groups in total. The Hall–Kier alpha value is -1.53. The lowest BCUT2D eigenvalue weighted by molar-refractivity contribution is -0.120. The van der Waals surface area contributed by atoms with Crippen LogP contribution >= 0.6 is 0 Å². The van der Waals surface area contributed by atoms with Gasteiger partial charge in [0.2, 0.25) is 5.91 Å². The number of aliphatic hydroxyl groups excluding tert-OH is 1. The van der Waals surface area contributed by atoms with E-state index < -0.39 is 29.7 Å². The second kappa shape index (κ2) is 6.58. The molecule has 0 bridgehead atoms. The minimum atomic E-state index is -0.995. The number of benzene rings is 1. The zero-order valence-corrected chi connectivity index (χ0v) is 10.9. The Balaban J connectivity index is 3.03. The number of rotatable bonds is 5. The highest BCUT2D eigenvalue weighted by Gasteiger charge is 2.27. The van der Waals surface area contributed by atoms with Crippen LogP contribution < -0.4 is 11.1 Å². The molecule has 0 saturated carbocycles. The molecule has 0 spiro atoms. The molecule has 1 unspecified atom stereocenters. The summed E-state index contributed by atoms with van der Waals surface area (Å²) in [7, 11) is 0. The van der Waals surface area contributed by atoms with Gasteiger partial charge in [-0.25, -0.2) is 8.78 Å². The molecule has 19 heavy (non-hydrogen) atoms. The molecule has 6 heteroatoms. The van der Waals surface area contributed by atoms with Crippen molar-refractivity contribution < 1.29 is 18.7 Å². The zero-order valence-electron chi connectivity index (χ0n) is 10.9. The lowest BCUT2D eigenvalue weighted by Crippen LogP contribution is -2.48. The smallest absolute Gasteiger partial charge is 0.217 e. The number of nitrogens with two attached hydrogens (primary N) is 1. The van der Waals surface area contributed by atoms with Gasteiger partial charge in [0, 0.05) is 25.5 Å². The molecule has 0 fully saturated rings. The number of carbonyl (C=O) groups excluding carboxylic acids is 1. The van der Waals surface area contributed by atoms with Gasteiger partial charge in [0.15, 0.2) is 0 Å². The molecule has 3 atom stereocenters. The molecule has 0 aliphatic carbocycles. The van der Waals surface area contributed by atoms with Crippen molar-refractivity contribution in [3.05, 3.63) is 35.4 Å². The third-order valence-corrected chi connectivity index (χ3v) is 2.98. The highest BCUT2D eigenvalue weighted by Crippen LogP contribution is 2.23. The van der Waals surface area contributed by atoms with Crippen molar-refractivity contribution in [2.75, 3.05) is 6.54 Å². The first-order chi connectivity index (χ1) is 8.85. The minimum Gasteiger partial charge on any atom is -0.390 e. The van der Waals surface area contributed by atoms with E-state index in [1.165, 1.54) is 19.1 Å². The Morgan fingerprint density at radius 1 is 1.37 bits per heavy atom. The van der Waals surface area contributed by atoms with Crippen LogP contribution in [0.25, 0.3) is 0 Å². The summed E-state index contributed by atoms with van der Waals surface area (Å²) < 4.78 is 26.4. The normalized spacial score (nSPS) is 15.7. The monoisotopic (exact) mass is 272 g/mol. The molecule has 0 aliphatic heterocycles. The first-order valence-electron chi connectivity index (χ1n) is 5.96. The summed E-state index contributed by atoms with van der Waals surface area (Å²) in [6.45, 7) is 2.90. The van der Waals surface area contributed by atoms with Crippen LogP contribution in [0, 0.1) is 11.6 Å². The predicted molar refractivity (Wildman–Crippen MR) is 67.4 cm³/mol. The van der Waals surface area contributed by atoms with Crippen molar-refractivity contribution in [2.45, 2.75) is 31.9 Å². The Bertz CT molecular complexity index is 434. The summed E-state index contributed by atoms with van der Waals surface area (Å²) >= 11 is 0. The van der Waals surface area contributed by atoms with E-state index in [9.17, 15) is 18.7 Å². The fourth-order valence-electron chi connectivity index (χ4n) is 1.98. The first kappa shape index (κ1) is 15.5. The Kier molecular flexibility index (Phi) is 5.38. The lowest BCUT2D eigenvalue weighted by atomic mass is 9.89. The molecule has 0 radical (unpaired) electrons. The summed E-state index contributed by atoms with van der Waals surface area (Å²) in [6.07, 6.45) is -0.995. The number of halogens is 2. The van der Waals surface area contributed by atoms with Crippen molar-refractivity contribution in [1.29, 1.82) is 0 Å². The van der Waals surface area contributed by atoms with Crippen LogP contribution in [0.2, 0.25) is 0 Å². The van der Waals surface area contributed by atoms with Crippen LogP contribution in [0.5, 0.6) is 0 Å². The maximum atomic E-state index is 13.2. The number of amides is 1. The maximum Gasteiger partial charge on any atom is 0.217 e. The molecule has 106 valence electrons. The molecular formula is C13H18F2N2O2. The van der Waals surface area contributed by atoms with E-state index in [1.807, 2.05) is 0 Å². The van der Waals surface area contributed by atoms with Crippen molar-refractivity contribution in [3.8, 4) is 0 Å².